The first-order valence-electron chi connectivity index (χ1n) is 7.46. The Balaban J connectivity index is 1.99. The van der Waals surface area contributed by atoms with Crippen molar-refractivity contribution in [1.82, 2.24) is 5.32 Å². The van der Waals surface area contributed by atoms with E-state index < -0.39 is 0 Å². The van der Waals surface area contributed by atoms with Gasteiger partial charge in [-0.25, -0.2) is 0 Å². The van der Waals surface area contributed by atoms with E-state index in [1.807, 2.05) is 18.2 Å². The zero-order chi connectivity index (χ0) is 14.2. The molecule has 0 heterocycles. The monoisotopic (exact) mass is 277 g/mol. The highest BCUT2D eigenvalue weighted by molar-refractivity contribution is 5.96. The highest BCUT2D eigenvalue weighted by Gasteiger charge is 2.18. The highest BCUT2D eigenvalue weighted by atomic mass is 16.5. The molecule has 0 radical (unpaired) electrons. The van der Waals surface area contributed by atoms with Gasteiger partial charge in [-0.1, -0.05) is 18.6 Å². The summed E-state index contributed by atoms with van der Waals surface area (Å²) in [7, 11) is 0. The van der Waals surface area contributed by atoms with Crippen LogP contribution in [-0.4, -0.2) is 30.3 Å². The molecule has 1 aromatic carbocycles. The van der Waals surface area contributed by atoms with Crippen LogP contribution in [0.4, 0.5) is 0 Å². The lowest BCUT2D eigenvalue weighted by Crippen LogP contribution is -2.27. The molecule has 1 aromatic rings. The average Bonchev–Trinajstić information content (AvgIpc) is 2.49. The van der Waals surface area contributed by atoms with E-state index in [9.17, 15) is 4.79 Å². The Morgan fingerprint density at radius 1 is 1.25 bits per heavy atom. The number of amides is 1. The number of aliphatic hydroxyl groups is 1. The fraction of sp³-hybridized carbons (Fsp3) is 0.562. The minimum Gasteiger partial charge on any atom is -0.490 e. The van der Waals surface area contributed by atoms with Crippen LogP contribution in [0.2, 0.25) is 0 Å². The van der Waals surface area contributed by atoms with Gasteiger partial charge < -0.3 is 15.2 Å². The van der Waals surface area contributed by atoms with Crippen LogP contribution in [0.1, 0.15) is 48.9 Å². The quantitative estimate of drug-likeness (QED) is 0.785. The summed E-state index contributed by atoms with van der Waals surface area (Å²) in [5.74, 6) is 0.533. The van der Waals surface area contributed by atoms with Gasteiger partial charge in [0.05, 0.1) is 11.7 Å². The third-order valence-electron chi connectivity index (χ3n) is 3.60. The van der Waals surface area contributed by atoms with E-state index in [2.05, 4.69) is 5.32 Å². The van der Waals surface area contributed by atoms with Crippen molar-refractivity contribution >= 4 is 5.91 Å². The number of benzene rings is 1. The molecule has 4 nitrogen and oxygen atoms in total. The van der Waals surface area contributed by atoms with Gasteiger partial charge >= 0.3 is 0 Å². The number of rotatable bonds is 6. The Hall–Kier alpha value is -1.55. The van der Waals surface area contributed by atoms with Crippen LogP contribution in [0.5, 0.6) is 5.75 Å². The zero-order valence-corrected chi connectivity index (χ0v) is 11.8. The average molecular weight is 277 g/mol. The maximum absolute atomic E-state index is 12.1. The van der Waals surface area contributed by atoms with Gasteiger partial charge in [-0.2, -0.15) is 0 Å². The fourth-order valence-corrected chi connectivity index (χ4v) is 2.50. The van der Waals surface area contributed by atoms with Gasteiger partial charge in [0.15, 0.2) is 0 Å². The first-order chi connectivity index (χ1) is 9.81. The lowest BCUT2D eigenvalue weighted by Gasteiger charge is -2.24. The van der Waals surface area contributed by atoms with Crippen molar-refractivity contribution in [3.05, 3.63) is 29.8 Å². The number of ether oxygens (including phenoxy) is 1. The molecular weight excluding hydrogens is 254 g/mol. The molecule has 0 saturated heterocycles. The fourth-order valence-electron chi connectivity index (χ4n) is 2.50. The summed E-state index contributed by atoms with van der Waals surface area (Å²) >= 11 is 0. The molecule has 0 atom stereocenters. The molecule has 20 heavy (non-hydrogen) atoms. The summed E-state index contributed by atoms with van der Waals surface area (Å²) in [4.78, 5) is 12.1. The zero-order valence-electron chi connectivity index (χ0n) is 11.8. The van der Waals surface area contributed by atoms with Crippen LogP contribution in [0.3, 0.4) is 0 Å². The van der Waals surface area contributed by atoms with Crippen molar-refractivity contribution < 1.29 is 14.6 Å². The van der Waals surface area contributed by atoms with Crippen molar-refractivity contribution in [2.24, 2.45) is 0 Å². The van der Waals surface area contributed by atoms with Gasteiger partial charge in [-0.3, -0.25) is 4.79 Å². The second-order valence-corrected chi connectivity index (χ2v) is 5.21. The molecule has 0 spiro atoms. The minimum atomic E-state index is -0.134. The normalized spacial score (nSPS) is 15.8. The number of hydrogen-bond donors (Lipinski definition) is 2. The molecule has 1 aliphatic carbocycles. The number of carbonyl (C=O) groups is 1. The maximum atomic E-state index is 12.1. The SMILES string of the molecule is O=C(NCCCO)c1ccccc1OC1CCCCC1. The van der Waals surface area contributed by atoms with Gasteiger partial charge in [-0.15, -0.1) is 0 Å². The van der Waals surface area contributed by atoms with Crippen LogP contribution in [0, 0.1) is 0 Å². The smallest absolute Gasteiger partial charge is 0.255 e. The predicted octanol–water partition coefficient (Wildman–Crippen LogP) is 2.51. The van der Waals surface area contributed by atoms with Crippen molar-refractivity contribution in [3.63, 3.8) is 0 Å². The third-order valence-corrected chi connectivity index (χ3v) is 3.60. The number of carbonyl (C=O) groups excluding carboxylic acids is 1. The van der Waals surface area contributed by atoms with E-state index in [4.69, 9.17) is 9.84 Å². The van der Waals surface area contributed by atoms with Gasteiger partial charge in [-0.05, 0) is 44.2 Å². The van der Waals surface area contributed by atoms with Crippen LogP contribution in [0.25, 0.3) is 0 Å². The summed E-state index contributed by atoms with van der Waals surface area (Å²) in [6.07, 6.45) is 6.63. The summed E-state index contributed by atoms with van der Waals surface area (Å²) in [6.45, 7) is 0.563. The van der Waals surface area contributed by atoms with E-state index >= 15 is 0 Å². The van der Waals surface area contributed by atoms with Crippen molar-refractivity contribution in [1.29, 1.82) is 0 Å². The Morgan fingerprint density at radius 3 is 2.75 bits per heavy atom. The van der Waals surface area contributed by atoms with E-state index in [0.29, 0.717) is 24.3 Å². The molecule has 0 unspecified atom stereocenters. The molecule has 2 N–H and O–H groups in total. The predicted molar refractivity (Wildman–Crippen MR) is 78.0 cm³/mol. The Kier molecular flexibility index (Phi) is 5.87. The number of aliphatic hydroxyl groups excluding tert-OH is 1. The molecule has 1 saturated carbocycles. The van der Waals surface area contributed by atoms with E-state index in [1.54, 1.807) is 6.07 Å². The van der Waals surface area contributed by atoms with Crippen molar-refractivity contribution in [2.45, 2.75) is 44.6 Å². The van der Waals surface area contributed by atoms with Crippen molar-refractivity contribution in [3.8, 4) is 5.75 Å². The van der Waals surface area contributed by atoms with Gasteiger partial charge in [0, 0.05) is 13.2 Å². The first kappa shape index (κ1) is 14.9. The largest absolute Gasteiger partial charge is 0.490 e. The van der Waals surface area contributed by atoms with E-state index in [0.717, 1.165) is 12.8 Å². The number of hydrogen-bond acceptors (Lipinski definition) is 3. The molecule has 0 aromatic heterocycles. The van der Waals surface area contributed by atoms with Gasteiger partial charge in [0.25, 0.3) is 5.91 Å². The minimum absolute atomic E-state index is 0.0838. The molecule has 1 aliphatic rings. The lowest BCUT2D eigenvalue weighted by atomic mass is 9.97. The topological polar surface area (TPSA) is 58.6 Å². The van der Waals surface area contributed by atoms with E-state index in [-0.39, 0.29) is 18.6 Å². The molecule has 1 amide bonds. The number of para-hydroxylation sites is 1. The Morgan fingerprint density at radius 2 is 2.00 bits per heavy atom. The molecule has 1 fully saturated rings. The van der Waals surface area contributed by atoms with Gasteiger partial charge in [0.1, 0.15) is 5.75 Å². The van der Waals surface area contributed by atoms with Crippen LogP contribution >= 0.6 is 0 Å². The summed E-state index contributed by atoms with van der Waals surface area (Å²) in [5.41, 5.74) is 0.580. The summed E-state index contributed by atoms with van der Waals surface area (Å²) in [6, 6.07) is 7.37. The van der Waals surface area contributed by atoms with Crippen LogP contribution in [-0.2, 0) is 0 Å². The third kappa shape index (κ3) is 4.23. The standard InChI is InChI=1S/C16H23NO3/c18-12-6-11-17-16(19)14-9-4-5-10-15(14)20-13-7-2-1-3-8-13/h4-5,9-10,13,18H,1-3,6-8,11-12H2,(H,17,19). The lowest BCUT2D eigenvalue weighted by molar-refractivity contribution is 0.0939. The molecule has 0 bridgehead atoms. The molecule has 0 aliphatic heterocycles. The summed E-state index contributed by atoms with van der Waals surface area (Å²) < 4.78 is 6.00. The molecule has 110 valence electrons. The van der Waals surface area contributed by atoms with Crippen LogP contribution in [0.15, 0.2) is 24.3 Å². The Labute approximate surface area is 120 Å². The second-order valence-electron chi connectivity index (χ2n) is 5.21. The van der Waals surface area contributed by atoms with E-state index in [1.165, 1.54) is 19.3 Å². The number of nitrogens with one attached hydrogen (secondary N) is 1. The van der Waals surface area contributed by atoms with Crippen molar-refractivity contribution in [2.75, 3.05) is 13.2 Å². The summed E-state index contributed by atoms with van der Waals surface area (Å²) in [5, 5.41) is 11.5. The van der Waals surface area contributed by atoms with Gasteiger partial charge in [0.2, 0.25) is 0 Å². The molecule has 4 heteroatoms. The second kappa shape index (κ2) is 7.90. The first-order valence-corrected chi connectivity index (χ1v) is 7.46. The molecular formula is C16H23NO3. The highest BCUT2D eigenvalue weighted by Crippen LogP contribution is 2.25. The van der Waals surface area contributed by atoms with Crippen LogP contribution < -0.4 is 10.1 Å². The maximum Gasteiger partial charge on any atom is 0.255 e. The molecule has 2 rings (SSSR count). The Bertz CT molecular complexity index is 427.